The third kappa shape index (κ3) is 2.46. The maximum Gasteiger partial charge on any atom is 0.148 e. The highest BCUT2D eigenvalue weighted by atomic mass is 35.5. The highest BCUT2D eigenvalue weighted by Crippen LogP contribution is 2.19. The van der Waals surface area contributed by atoms with E-state index in [4.69, 9.17) is 17.3 Å². The average Bonchev–Trinajstić information content (AvgIpc) is 2.66. The molecule has 3 N–H and O–H groups in total. The van der Waals surface area contributed by atoms with Gasteiger partial charge in [0.1, 0.15) is 5.82 Å². The molecule has 1 aromatic heterocycles. The lowest BCUT2D eigenvalue weighted by Crippen LogP contribution is -2.01. The van der Waals surface area contributed by atoms with Crippen LogP contribution in [-0.2, 0) is 13.6 Å². The quantitative estimate of drug-likeness (QED) is 0.804. The summed E-state index contributed by atoms with van der Waals surface area (Å²) in [5.74, 6) is 0.844. The first-order chi connectivity index (χ1) is 7.65. The van der Waals surface area contributed by atoms with Crippen LogP contribution < -0.4 is 11.1 Å². The average molecular weight is 237 g/mol. The van der Waals surface area contributed by atoms with Crippen LogP contribution in [0.4, 0.5) is 11.5 Å². The van der Waals surface area contributed by atoms with Gasteiger partial charge in [-0.25, -0.2) is 0 Å². The zero-order chi connectivity index (χ0) is 11.5. The number of hydrogen-bond donors (Lipinski definition) is 2. The maximum absolute atomic E-state index is 5.84. The van der Waals surface area contributed by atoms with Crippen molar-refractivity contribution in [1.82, 2.24) is 9.78 Å². The van der Waals surface area contributed by atoms with Gasteiger partial charge in [-0.2, -0.15) is 5.10 Å². The van der Waals surface area contributed by atoms with Gasteiger partial charge in [0.2, 0.25) is 0 Å². The van der Waals surface area contributed by atoms with Crippen molar-refractivity contribution in [3.8, 4) is 0 Å². The summed E-state index contributed by atoms with van der Waals surface area (Å²) in [6, 6.07) is 7.51. The van der Waals surface area contributed by atoms with Gasteiger partial charge in [0.15, 0.2) is 0 Å². The number of benzene rings is 1. The monoisotopic (exact) mass is 236 g/mol. The second-order valence-corrected chi connectivity index (χ2v) is 3.99. The van der Waals surface area contributed by atoms with Crippen molar-refractivity contribution in [2.45, 2.75) is 6.54 Å². The van der Waals surface area contributed by atoms with Crippen molar-refractivity contribution in [1.29, 1.82) is 0 Å². The third-order valence-electron chi connectivity index (χ3n) is 2.25. The minimum Gasteiger partial charge on any atom is -0.398 e. The Morgan fingerprint density at radius 2 is 2.25 bits per heavy atom. The van der Waals surface area contributed by atoms with Gasteiger partial charge in [-0.15, -0.1) is 0 Å². The summed E-state index contributed by atoms with van der Waals surface area (Å²) in [5, 5.41) is 8.00. The molecule has 0 aliphatic rings. The van der Waals surface area contributed by atoms with E-state index in [0.29, 0.717) is 17.3 Å². The minimum atomic E-state index is 0.585. The summed E-state index contributed by atoms with van der Waals surface area (Å²) in [4.78, 5) is 0. The second-order valence-electron chi connectivity index (χ2n) is 3.58. The smallest absolute Gasteiger partial charge is 0.148 e. The SMILES string of the molecule is Cn1ccc(NCc2ccc(Cl)c(N)c2)n1. The number of halogens is 1. The fourth-order valence-electron chi connectivity index (χ4n) is 1.41. The van der Waals surface area contributed by atoms with E-state index in [1.54, 1.807) is 10.7 Å². The van der Waals surface area contributed by atoms with Crippen LogP contribution in [-0.4, -0.2) is 9.78 Å². The fraction of sp³-hybridized carbons (Fsp3) is 0.182. The Bertz CT molecular complexity index is 492. The Kier molecular flexibility index (Phi) is 3.01. The number of nitrogens with one attached hydrogen (secondary N) is 1. The van der Waals surface area contributed by atoms with E-state index in [1.165, 1.54) is 0 Å². The molecule has 0 saturated carbocycles. The van der Waals surface area contributed by atoms with Gasteiger partial charge in [-0.3, -0.25) is 4.68 Å². The Morgan fingerprint density at radius 3 is 2.88 bits per heavy atom. The van der Waals surface area contributed by atoms with Crippen LogP contribution in [0.25, 0.3) is 0 Å². The van der Waals surface area contributed by atoms with Crippen LogP contribution in [0.3, 0.4) is 0 Å². The van der Waals surface area contributed by atoms with Crippen molar-refractivity contribution in [2.75, 3.05) is 11.1 Å². The van der Waals surface area contributed by atoms with Crippen LogP contribution >= 0.6 is 11.6 Å². The molecule has 4 nitrogen and oxygen atoms in total. The van der Waals surface area contributed by atoms with Gasteiger partial charge < -0.3 is 11.1 Å². The summed E-state index contributed by atoms with van der Waals surface area (Å²) in [6.07, 6.45) is 1.89. The molecule has 0 fully saturated rings. The van der Waals surface area contributed by atoms with Gasteiger partial charge in [0.05, 0.1) is 10.7 Å². The Balaban J connectivity index is 2.02. The van der Waals surface area contributed by atoms with E-state index in [2.05, 4.69) is 10.4 Å². The fourth-order valence-corrected chi connectivity index (χ4v) is 1.52. The first-order valence-electron chi connectivity index (χ1n) is 4.92. The molecule has 84 valence electrons. The molecule has 0 radical (unpaired) electrons. The van der Waals surface area contributed by atoms with Crippen LogP contribution in [0.15, 0.2) is 30.5 Å². The van der Waals surface area contributed by atoms with E-state index in [-0.39, 0.29) is 0 Å². The van der Waals surface area contributed by atoms with Gasteiger partial charge >= 0.3 is 0 Å². The first-order valence-corrected chi connectivity index (χ1v) is 5.30. The summed E-state index contributed by atoms with van der Waals surface area (Å²) < 4.78 is 1.75. The molecule has 1 aromatic carbocycles. The number of anilines is 2. The lowest BCUT2D eigenvalue weighted by atomic mass is 10.2. The molecular weight excluding hydrogens is 224 g/mol. The summed E-state index contributed by atoms with van der Waals surface area (Å²) in [5.41, 5.74) is 7.39. The lowest BCUT2D eigenvalue weighted by molar-refractivity contribution is 0.768. The van der Waals surface area contributed by atoms with Gasteiger partial charge in [0.25, 0.3) is 0 Å². The van der Waals surface area contributed by atoms with Gasteiger partial charge in [-0.1, -0.05) is 17.7 Å². The molecule has 2 rings (SSSR count). The highest BCUT2D eigenvalue weighted by molar-refractivity contribution is 6.33. The van der Waals surface area contributed by atoms with Gasteiger partial charge in [-0.05, 0) is 17.7 Å². The molecule has 5 heteroatoms. The maximum atomic E-state index is 5.84. The predicted molar refractivity (Wildman–Crippen MR) is 66.4 cm³/mol. The summed E-state index contributed by atoms with van der Waals surface area (Å²) in [7, 11) is 1.88. The molecular formula is C11H13ClN4. The number of nitrogens with zero attached hydrogens (tertiary/aromatic N) is 2. The van der Waals surface area contributed by atoms with E-state index in [9.17, 15) is 0 Å². The number of nitrogens with two attached hydrogens (primary N) is 1. The summed E-state index contributed by atoms with van der Waals surface area (Å²) >= 11 is 5.84. The molecule has 0 unspecified atom stereocenters. The normalized spacial score (nSPS) is 10.4. The molecule has 1 heterocycles. The standard InChI is InChI=1S/C11H13ClN4/c1-16-5-4-11(15-16)14-7-8-2-3-9(12)10(13)6-8/h2-6H,7,13H2,1H3,(H,14,15). The lowest BCUT2D eigenvalue weighted by Gasteiger charge is -2.05. The zero-order valence-corrected chi connectivity index (χ0v) is 9.70. The molecule has 0 aliphatic carbocycles. The van der Waals surface area contributed by atoms with Crippen molar-refractivity contribution < 1.29 is 0 Å². The first kappa shape index (κ1) is 10.8. The highest BCUT2D eigenvalue weighted by Gasteiger charge is 1.99. The number of rotatable bonds is 3. The molecule has 0 spiro atoms. The topological polar surface area (TPSA) is 55.9 Å². The molecule has 0 saturated heterocycles. The Labute approximate surface area is 99.0 Å². The molecule has 2 aromatic rings. The summed E-state index contributed by atoms with van der Waals surface area (Å²) in [6.45, 7) is 0.679. The van der Waals surface area contributed by atoms with Crippen molar-refractivity contribution >= 4 is 23.1 Å². The second kappa shape index (κ2) is 4.45. The van der Waals surface area contributed by atoms with Gasteiger partial charge in [0, 0.05) is 25.9 Å². The minimum absolute atomic E-state index is 0.585. The third-order valence-corrected chi connectivity index (χ3v) is 2.59. The van der Waals surface area contributed by atoms with Crippen LogP contribution in [0, 0.1) is 0 Å². The largest absolute Gasteiger partial charge is 0.398 e. The predicted octanol–water partition coefficient (Wildman–Crippen LogP) is 2.27. The van der Waals surface area contributed by atoms with Crippen molar-refractivity contribution in [2.24, 2.45) is 7.05 Å². The van der Waals surface area contributed by atoms with E-state index >= 15 is 0 Å². The van der Waals surface area contributed by atoms with Crippen molar-refractivity contribution in [3.05, 3.63) is 41.0 Å². The van der Waals surface area contributed by atoms with E-state index < -0.39 is 0 Å². The van der Waals surface area contributed by atoms with E-state index in [0.717, 1.165) is 11.4 Å². The number of nitrogen functional groups attached to an aromatic ring is 1. The van der Waals surface area contributed by atoms with E-state index in [1.807, 2.05) is 31.4 Å². The molecule has 0 aliphatic heterocycles. The molecule has 0 amide bonds. The number of aryl methyl sites for hydroxylation is 1. The number of hydrogen-bond acceptors (Lipinski definition) is 3. The Hall–Kier alpha value is -1.68. The molecule has 16 heavy (non-hydrogen) atoms. The Morgan fingerprint density at radius 1 is 1.44 bits per heavy atom. The van der Waals surface area contributed by atoms with Crippen LogP contribution in [0.2, 0.25) is 5.02 Å². The van der Waals surface area contributed by atoms with Crippen LogP contribution in [0.1, 0.15) is 5.56 Å². The zero-order valence-electron chi connectivity index (χ0n) is 8.94. The number of aromatic nitrogens is 2. The van der Waals surface area contributed by atoms with Crippen LogP contribution in [0.5, 0.6) is 0 Å². The molecule has 0 atom stereocenters. The van der Waals surface area contributed by atoms with Crippen molar-refractivity contribution in [3.63, 3.8) is 0 Å². The molecule has 0 bridgehead atoms.